The van der Waals surface area contributed by atoms with Gasteiger partial charge in [0, 0.05) is 76.5 Å². The SMILES string of the molecule is CC(C)(CN1CCN(CC(C)(C)N(CC(O)CO)CC(O)CO)CC1)N(CC(O)CO)CC(O)CO. The standard InChI is InChI=1S/C24H52N4O8/c1-23(2,27(9-19(33)13-29)10-20(34)14-30)17-25-5-7-26(8-6-25)18-24(3,4)28(11-21(35)15-31)12-22(36)16-32/h19-22,29-36H,5-18H2,1-4H3. The highest BCUT2D eigenvalue weighted by molar-refractivity contribution is 4.92. The van der Waals surface area contributed by atoms with Gasteiger partial charge in [0.05, 0.1) is 50.8 Å². The van der Waals surface area contributed by atoms with Gasteiger partial charge < -0.3 is 40.9 Å². The molecular formula is C24H52N4O8. The van der Waals surface area contributed by atoms with Gasteiger partial charge in [0.15, 0.2) is 0 Å². The molecule has 0 spiro atoms. The van der Waals surface area contributed by atoms with Crippen molar-refractivity contribution in [2.24, 2.45) is 0 Å². The number of aliphatic hydroxyl groups is 8. The van der Waals surface area contributed by atoms with Crippen molar-refractivity contribution in [2.75, 3.05) is 91.9 Å². The Labute approximate surface area is 216 Å². The fourth-order valence-corrected chi connectivity index (χ4v) is 4.79. The number of hydrogen-bond donors (Lipinski definition) is 8. The minimum Gasteiger partial charge on any atom is -0.394 e. The number of nitrogens with zero attached hydrogens (tertiary/aromatic N) is 4. The number of hydrogen-bond acceptors (Lipinski definition) is 12. The Hall–Kier alpha value is -0.480. The molecule has 12 nitrogen and oxygen atoms in total. The Morgan fingerprint density at radius 1 is 0.528 bits per heavy atom. The van der Waals surface area contributed by atoms with E-state index in [1.165, 1.54) is 0 Å². The number of β-amino-alcohol motifs (C(OH)–C–C–N with tert-alkyl or cyclic N) is 4. The Kier molecular flexibility index (Phi) is 14.7. The molecule has 1 fully saturated rings. The summed E-state index contributed by atoms with van der Waals surface area (Å²) < 4.78 is 0. The Morgan fingerprint density at radius 2 is 0.750 bits per heavy atom. The summed E-state index contributed by atoms with van der Waals surface area (Å²) in [6, 6.07) is 0. The summed E-state index contributed by atoms with van der Waals surface area (Å²) >= 11 is 0. The summed E-state index contributed by atoms with van der Waals surface area (Å²) in [5.41, 5.74) is -0.850. The first-order valence-corrected chi connectivity index (χ1v) is 12.9. The Bertz CT molecular complexity index is 518. The second-order valence-electron chi connectivity index (χ2n) is 11.3. The predicted octanol–water partition coefficient (Wildman–Crippen LogP) is -3.82. The van der Waals surface area contributed by atoms with Gasteiger partial charge in [-0.3, -0.25) is 19.6 Å². The molecule has 1 aliphatic heterocycles. The molecule has 1 aliphatic rings. The highest BCUT2D eigenvalue weighted by atomic mass is 16.3. The first kappa shape index (κ1) is 33.5. The van der Waals surface area contributed by atoms with E-state index in [1.54, 1.807) is 0 Å². The van der Waals surface area contributed by atoms with Crippen LogP contribution >= 0.6 is 0 Å². The lowest BCUT2D eigenvalue weighted by molar-refractivity contribution is -0.0386. The lowest BCUT2D eigenvalue weighted by Crippen LogP contribution is -2.61. The van der Waals surface area contributed by atoms with E-state index >= 15 is 0 Å². The fourth-order valence-electron chi connectivity index (χ4n) is 4.79. The third-order valence-electron chi connectivity index (χ3n) is 6.97. The van der Waals surface area contributed by atoms with Gasteiger partial charge >= 0.3 is 0 Å². The number of piperazine rings is 1. The Balaban J connectivity index is 2.75. The summed E-state index contributed by atoms with van der Waals surface area (Å²) in [5, 5.41) is 77.1. The lowest BCUT2D eigenvalue weighted by Gasteiger charge is -2.47. The van der Waals surface area contributed by atoms with Crippen LogP contribution in [0.3, 0.4) is 0 Å². The zero-order valence-corrected chi connectivity index (χ0v) is 22.6. The molecule has 1 heterocycles. The summed E-state index contributed by atoms with van der Waals surface area (Å²) in [7, 11) is 0. The molecule has 8 N–H and O–H groups in total. The van der Waals surface area contributed by atoms with E-state index in [2.05, 4.69) is 9.80 Å². The van der Waals surface area contributed by atoms with E-state index in [1.807, 2.05) is 37.5 Å². The molecule has 0 aromatic heterocycles. The van der Waals surface area contributed by atoms with Gasteiger partial charge in [-0.05, 0) is 27.7 Å². The maximum absolute atomic E-state index is 9.99. The molecule has 0 saturated carbocycles. The van der Waals surface area contributed by atoms with Crippen LogP contribution in [0.2, 0.25) is 0 Å². The fraction of sp³-hybridized carbons (Fsp3) is 1.00. The molecule has 36 heavy (non-hydrogen) atoms. The molecule has 4 atom stereocenters. The number of aliphatic hydroxyl groups excluding tert-OH is 8. The minimum atomic E-state index is -0.939. The van der Waals surface area contributed by atoms with E-state index in [4.69, 9.17) is 0 Å². The molecule has 0 bridgehead atoms. The predicted molar refractivity (Wildman–Crippen MR) is 137 cm³/mol. The van der Waals surface area contributed by atoms with Gasteiger partial charge in [0.25, 0.3) is 0 Å². The second-order valence-corrected chi connectivity index (χ2v) is 11.3. The van der Waals surface area contributed by atoms with Crippen LogP contribution in [-0.2, 0) is 0 Å². The van der Waals surface area contributed by atoms with Crippen LogP contribution in [0.4, 0.5) is 0 Å². The summed E-state index contributed by atoms with van der Waals surface area (Å²) in [6.07, 6.45) is -3.76. The zero-order valence-electron chi connectivity index (χ0n) is 22.6. The molecular weight excluding hydrogens is 472 g/mol. The van der Waals surface area contributed by atoms with Crippen molar-refractivity contribution < 1.29 is 40.9 Å². The van der Waals surface area contributed by atoms with Crippen LogP contribution in [0.15, 0.2) is 0 Å². The highest BCUT2D eigenvalue weighted by Gasteiger charge is 2.35. The van der Waals surface area contributed by atoms with Gasteiger partial charge in [0.1, 0.15) is 0 Å². The molecule has 1 saturated heterocycles. The highest BCUT2D eigenvalue weighted by Crippen LogP contribution is 2.21. The van der Waals surface area contributed by atoms with E-state index < -0.39 is 35.5 Å². The molecule has 4 unspecified atom stereocenters. The maximum Gasteiger partial charge on any atom is 0.0897 e. The third-order valence-corrected chi connectivity index (χ3v) is 6.97. The molecule has 0 aliphatic carbocycles. The summed E-state index contributed by atoms with van der Waals surface area (Å²) in [4.78, 5) is 8.44. The van der Waals surface area contributed by atoms with Crippen LogP contribution in [0, 0.1) is 0 Å². The largest absolute Gasteiger partial charge is 0.394 e. The van der Waals surface area contributed by atoms with Crippen molar-refractivity contribution >= 4 is 0 Å². The number of rotatable bonds is 18. The molecule has 0 aromatic rings. The van der Waals surface area contributed by atoms with E-state index in [0.717, 1.165) is 26.2 Å². The van der Waals surface area contributed by atoms with Crippen molar-refractivity contribution in [1.82, 2.24) is 19.6 Å². The minimum absolute atomic E-state index is 0.184. The van der Waals surface area contributed by atoms with Gasteiger partial charge in [-0.1, -0.05) is 0 Å². The van der Waals surface area contributed by atoms with Gasteiger partial charge in [-0.25, -0.2) is 0 Å². The van der Waals surface area contributed by atoms with Crippen molar-refractivity contribution in [3.05, 3.63) is 0 Å². The maximum atomic E-state index is 9.99. The van der Waals surface area contributed by atoms with Crippen LogP contribution < -0.4 is 0 Å². The van der Waals surface area contributed by atoms with Gasteiger partial charge in [-0.2, -0.15) is 0 Å². The van der Waals surface area contributed by atoms with Crippen LogP contribution in [0.25, 0.3) is 0 Å². The second kappa shape index (κ2) is 15.8. The monoisotopic (exact) mass is 524 g/mol. The van der Waals surface area contributed by atoms with Crippen LogP contribution in [0.1, 0.15) is 27.7 Å². The summed E-state index contributed by atoms with van der Waals surface area (Å²) in [6.45, 7) is 11.9. The quantitative estimate of drug-likeness (QED) is 0.0879. The van der Waals surface area contributed by atoms with E-state index in [-0.39, 0.29) is 52.6 Å². The molecule has 12 heteroatoms. The van der Waals surface area contributed by atoms with Crippen LogP contribution in [-0.4, -0.2) is 188 Å². The van der Waals surface area contributed by atoms with Crippen molar-refractivity contribution in [3.8, 4) is 0 Å². The van der Waals surface area contributed by atoms with E-state index in [9.17, 15) is 40.9 Å². The van der Waals surface area contributed by atoms with Gasteiger partial charge in [-0.15, -0.1) is 0 Å². The van der Waals surface area contributed by atoms with Crippen LogP contribution in [0.5, 0.6) is 0 Å². The van der Waals surface area contributed by atoms with Crippen molar-refractivity contribution in [2.45, 2.75) is 63.2 Å². The molecule has 0 radical (unpaired) electrons. The van der Waals surface area contributed by atoms with E-state index in [0.29, 0.717) is 13.1 Å². The van der Waals surface area contributed by atoms with Gasteiger partial charge in [0.2, 0.25) is 0 Å². The topological polar surface area (TPSA) is 175 Å². The lowest BCUT2D eigenvalue weighted by atomic mass is 9.98. The molecule has 216 valence electrons. The van der Waals surface area contributed by atoms with Crippen molar-refractivity contribution in [3.63, 3.8) is 0 Å². The average Bonchev–Trinajstić information content (AvgIpc) is 2.83. The first-order chi connectivity index (χ1) is 16.8. The zero-order chi connectivity index (χ0) is 27.5. The smallest absolute Gasteiger partial charge is 0.0897 e. The molecule has 1 rings (SSSR count). The molecule has 0 amide bonds. The Morgan fingerprint density at radius 3 is 0.944 bits per heavy atom. The summed E-state index contributed by atoms with van der Waals surface area (Å²) in [5.74, 6) is 0. The third kappa shape index (κ3) is 11.5. The molecule has 0 aromatic carbocycles. The van der Waals surface area contributed by atoms with Crippen molar-refractivity contribution in [1.29, 1.82) is 0 Å². The average molecular weight is 525 g/mol. The normalized spacial score (nSPS) is 20.2. The first-order valence-electron chi connectivity index (χ1n) is 12.9.